The second-order valence-electron chi connectivity index (χ2n) is 4.88. The molecule has 0 aromatic heterocycles. The third kappa shape index (κ3) is 4.24. The van der Waals surface area contributed by atoms with Gasteiger partial charge < -0.3 is 10.1 Å². The molecule has 0 aliphatic heterocycles. The molecule has 0 bridgehead atoms. The number of ether oxygens (including phenoxy) is 1. The molecule has 1 N–H and O–H groups in total. The van der Waals surface area contributed by atoms with Gasteiger partial charge in [0.25, 0.3) is 0 Å². The second kappa shape index (κ2) is 5.80. The highest BCUT2D eigenvalue weighted by Crippen LogP contribution is 2.25. The fourth-order valence-electron chi connectivity index (χ4n) is 1.46. The summed E-state index contributed by atoms with van der Waals surface area (Å²) in [5.74, 6) is 0. The van der Waals surface area contributed by atoms with Gasteiger partial charge in [-0.3, -0.25) is 0 Å². The number of nitrogens with one attached hydrogen (secondary N) is 1. The van der Waals surface area contributed by atoms with Gasteiger partial charge in [0.05, 0.1) is 6.10 Å². The third-order valence-electron chi connectivity index (χ3n) is 2.35. The monoisotopic (exact) mass is 285 g/mol. The van der Waals surface area contributed by atoms with Gasteiger partial charge >= 0.3 is 0 Å². The molecule has 1 rings (SSSR count). The molecule has 0 saturated heterocycles. The van der Waals surface area contributed by atoms with Crippen LogP contribution in [0, 0.1) is 0 Å². The minimum atomic E-state index is 0.0785. The minimum absolute atomic E-state index is 0.0785. The molecule has 0 fully saturated rings. The van der Waals surface area contributed by atoms with E-state index in [2.05, 4.69) is 48.1 Å². The molecule has 0 heterocycles. The minimum Gasteiger partial charge on any atom is -0.375 e. The largest absolute Gasteiger partial charge is 0.375 e. The van der Waals surface area contributed by atoms with E-state index in [1.54, 1.807) is 7.11 Å². The fourth-order valence-corrected chi connectivity index (χ4v) is 2.00. The summed E-state index contributed by atoms with van der Waals surface area (Å²) in [4.78, 5) is 0. The summed E-state index contributed by atoms with van der Waals surface area (Å²) in [5, 5.41) is 3.45. The van der Waals surface area contributed by atoms with Crippen molar-refractivity contribution in [2.75, 3.05) is 13.7 Å². The van der Waals surface area contributed by atoms with Gasteiger partial charge in [-0.15, -0.1) is 0 Å². The number of methoxy groups -OCH3 is 1. The van der Waals surface area contributed by atoms with E-state index in [9.17, 15) is 0 Å². The van der Waals surface area contributed by atoms with Crippen LogP contribution in [0.15, 0.2) is 28.7 Å². The van der Waals surface area contributed by atoms with Crippen LogP contribution in [-0.2, 0) is 4.74 Å². The Morgan fingerprint density at radius 2 is 1.94 bits per heavy atom. The Bertz CT molecular complexity index is 333. The number of hydrogen-bond donors (Lipinski definition) is 1. The molecule has 90 valence electrons. The zero-order valence-corrected chi connectivity index (χ0v) is 12.0. The Balaban J connectivity index is 2.72. The van der Waals surface area contributed by atoms with E-state index < -0.39 is 0 Å². The normalized spacial score (nSPS) is 13.8. The summed E-state index contributed by atoms with van der Waals surface area (Å²) >= 11 is 3.55. The lowest BCUT2D eigenvalue weighted by molar-refractivity contribution is 0.0954. The predicted octanol–water partition coefficient (Wildman–Crippen LogP) is 3.52. The first-order chi connectivity index (χ1) is 7.44. The molecular weight excluding hydrogens is 266 g/mol. The molecular formula is C13H20BrNO. The molecule has 1 aromatic carbocycles. The number of benzene rings is 1. The average molecular weight is 286 g/mol. The van der Waals surface area contributed by atoms with Crippen LogP contribution in [0.3, 0.4) is 0 Å². The average Bonchev–Trinajstić information content (AvgIpc) is 2.20. The van der Waals surface area contributed by atoms with E-state index in [1.807, 2.05) is 18.2 Å². The maximum Gasteiger partial charge on any atom is 0.0956 e. The van der Waals surface area contributed by atoms with Crippen LogP contribution in [0.5, 0.6) is 0 Å². The van der Waals surface area contributed by atoms with E-state index in [-0.39, 0.29) is 11.6 Å². The van der Waals surface area contributed by atoms with Crippen molar-refractivity contribution >= 4 is 15.9 Å². The van der Waals surface area contributed by atoms with Crippen LogP contribution in [0.4, 0.5) is 0 Å². The van der Waals surface area contributed by atoms with Gasteiger partial charge in [-0.2, -0.15) is 0 Å². The molecule has 16 heavy (non-hydrogen) atoms. The van der Waals surface area contributed by atoms with Gasteiger partial charge in [0, 0.05) is 23.7 Å². The molecule has 1 atom stereocenters. The number of hydrogen-bond acceptors (Lipinski definition) is 2. The standard InChI is InChI=1S/C13H20BrNO/c1-13(2,3)15-9-12(16-4)10-7-5-6-8-11(10)14/h5-8,12,15H,9H2,1-4H3. The molecule has 3 heteroatoms. The van der Waals surface area contributed by atoms with E-state index in [0.717, 1.165) is 11.0 Å². The van der Waals surface area contributed by atoms with Crippen LogP contribution in [0.1, 0.15) is 32.4 Å². The molecule has 1 aromatic rings. The zero-order chi connectivity index (χ0) is 12.2. The molecule has 0 aliphatic carbocycles. The fraction of sp³-hybridized carbons (Fsp3) is 0.538. The van der Waals surface area contributed by atoms with Gasteiger partial charge in [-0.1, -0.05) is 34.1 Å². The lowest BCUT2D eigenvalue weighted by Gasteiger charge is -2.25. The number of rotatable bonds is 4. The van der Waals surface area contributed by atoms with Crippen molar-refractivity contribution < 1.29 is 4.74 Å². The van der Waals surface area contributed by atoms with Gasteiger partial charge in [0.1, 0.15) is 0 Å². The smallest absolute Gasteiger partial charge is 0.0956 e. The molecule has 2 nitrogen and oxygen atoms in total. The maximum absolute atomic E-state index is 5.52. The van der Waals surface area contributed by atoms with Crippen LogP contribution in [0.2, 0.25) is 0 Å². The highest BCUT2D eigenvalue weighted by atomic mass is 79.9. The zero-order valence-electron chi connectivity index (χ0n) is 10.4. The topological polar surface area (TPSA) is 21.3 Å². The second-order valence-corrected chi connectivity index (χ2v) is 5.73. The lowest BCUT2D eigenvalue weighted by Crippen LogP contribution is -2.39. The van der Waals surface area contributed by atoms with E-state index in [0.29, 0.717) is 0 Å². The third-order valence-corrected chi connectivity index (χ3v) is 3.08. The summed E-state index contributed by atoms with van der Waals surface area (Å²) in [6, 6.07) is 8.17. The quantitative estimate of drug-likeness (QED) is 0.914. The van der Waals surface area contributed by atoms with Crippen LogP contribution in [0.25, 0.3) is 0 Å². The van der Waals surface area contributed by atoms with Gasteiger partial charge in [-0.05, 0) is 32.4 Å². The highest BCUT2D eigenvalue weighted by Gasteiger charge is 2.16. The molecule has 0 aliphatic rings. The summed E-state index contributed by atoms with van der Waals surface area (Å²) in [6.45, 7) is 7.27. The highest BCUT2D eigenvalue weighted by molar-refractivity contribution is 9.10. The van der Waals surface area contributed by atoms with E-state index >= 15 is 0 Å². The first-order valence-corrected chi connectivity index (χ1v) is 6.25. The Hall–Kier alpha value is -0.380. The van der Waals surface area contributed by atoms with Gasteiger partial charge in [0.2, 0.25) is 0 Å². The number of halogens is 1. The first kappa shape index (κ1) is 13.7. The van der Waals surface area contributed by atoms with E-state index in [4.69, 9.17) is 4.74 Å². The van der Waals surface area contributed by atoms with Crippen LogP contribution >= 0.6 is 15.9 Å². The van der Waals surface area contributed by atoms with Crippen molar-refractivity contribution in [3.05, 3.63) is 34.3 Å². The SMILES string of the molecule is COC(CNC(C)(C)C)c1ccccc1Br. The molecule has 0 amide bonds. The Morgan fingerprint density at radius 3 is 2.44 bits per heavy atom. The summed E-state index contributed by atoms with van der Waals surface area (Å²) in [6.07, 6.45) is 0.0785. The van der Waals surface area contributed by atoms with Gasteiger partial charge in [0.15, 0.2) is 0 Å². The summed E-state index contributed by atoms with van der Waals surface area (Å²) in [5.41, 5.74) is 1.29. The van der Waals surface area contributed by atoms with Crippen molar-refractivity contribution in [1.82, 2.24) is 5.32 Å². The molecule has 1 unspecified atom stereocenters. The van der Waals surface area contributed by atoms with Crippen molar-refractivity contribution in [3.63, 3.8) is 0 Å². The van der Waals surface area contributed by atoms with E-state index in [1.165, 1.54) is 5.56 Å². The summed E-state index contributed by atoms with van der Waals surface area (Å²) in [7, 11) is 1.74. The molecule has 0 radical (unpaired) electrons. The Labute approximate surface area is 107 Å². The predicted molar refractivity (Wildman–Crippen MR) is 71.6 cm³/mol. The summed E-state index contributed by atoms with van der Waals surface area (Å²) < 4.78 is 6.62. The Morgan fingerprint density at radius 1 is 1.31 bits per heavy atom. The van der Waals surface area contributed by atoms with Crippen molar-refractivity contribution in [2.24, 2.45) is 0 Å². The lowest BCUT2D eigenvalue weighted by atomic mass is 10.1. The maximum atomic E-state index is 5.52. The van der Waals surface area contributed by atoms with Crippen LogP contribution < -0.4 is 5.32 Å². The molecule has 0 saturated carbocycles. The first-order valence-electron chi connectivity index (χ1n) is 5.46. The van der Waals surface area contributed by atoms with Crippen molar-refractivity contribution in [1.29, 1.82) is 0 Å². The Kier molecular flexibility index (Phi) is 4.96. The van der Waals surface area contributed by atoms with Crippen LogP contribution in [-0.4, -0.2) is 19.2 Å². The van der Waals surface area contributed by atoms with Crippen molar-refractivity contribution in [2.45, 2.75) is 32.4 Å². The molecule has 0 spiro atoms. The van der Waals surface area contributed by atoms with Gasteiger partial charge in [-0.25, -0.2) is 0 Å². The van der Waals surface area contributed by atoms with Crippen molar-refractivity contribution in [3.8, 4) is 0 Å².